The molecule has 0 aromatic heterocycles. The number of aliphatic imine (C=N–C) groups is 2. The molecule has 8 N–H and O–H groups in total. The first kappa shape index (κ1) is 42.5. The first-order chi connectivity index (χ1) is 28.4. The summed E-state index contributed by atoms with van der Waals surface area (Å²) in [6.45, 7) is 10.6. The largest absolute Gasteiger partial charge is 0.507 e. The van der Waals surface area contributed by atoms with Gasteiger partial charge in [0, 0.05) is 69.4 Å². The Morgan fingerprint density at radius 2 is 0.867 bits per heavy atom. The molecule has 12 heteroatoms. The number of phenolic OH excluding ortho intramolecular Hbond substituents is 6. The summed E-state index contributed by atoms with van der Waals surface area (Å²) in [5, 5.41) is 91.6. The molecule has 0 radical (unpaired) electrons. The van der Waals surface area contributed by atoms with Crippen molar-refractivity contribution in [1.29, 1.82) is 0 Å². The molecule has 60 heavy (non-hydrogen) atoms. The molecular formula is C48H48N2O10. The zero-order valence-electron chi connectivity index (χ0n) is 34.1. The molecule has 0 aliphatic carbocycles. The van der Waals surface area contributed by atoms with Crippen molar-refractivity contribution in [1.82, 2.24) is 0 Å². The van der Waals surface area contributed by atoms with E-state index in [0.29, 0.717) is 44.2 Å². The van der Waals surface area contributed by atoms with Crippen LogP contribution in [-0.2, 0) is 22.4 Å². The molecular weight excluding hydrogens is 765 g/mol. The van der Waals surface area contributed by atoms with E-state index in [-0.39, 0.29) is 57.7 Å². The molecule has 0 aliphatic rings. The predicted molar refractivity (Wildman–Crippen MR) is 233 cm³/mol. The summed E-state index contributed by atoms with van der Waals surface area (Å²) in [5.41, 5.74) is 2.83. The van der Waals surface area contributed by atoms with Gasteiger partial charge in [0.2, 0.25) is 0 Å². The second kappa shape index (κ2) is 17.0. The third-order valence-corrected chi connectivity index (χ3v) is 10.9. The fourth-order valence-corrected chi connectivity index (χ4v) is 8.04. The molecule has 310 valence electrons. The molecule has 6 aromatic rings. The van der Waals surface area contributed by atoms with Crippen LogP contribution in [0.5, 0.6) is 34.5 Å². The maximum absolute atomic E-state index is 12.4. The van der Waals surface area contributed by atoms with Crippen molar-refractivity contribution in [3.8, 4) is 45.6 Å². The van der Waals surface area contributed by atoms with Crippen LogP contribution in [0.25, 0.3) is 32.7 Å². The normalized spacial score (nSPS) is 13.0. The number of aryl methyl sites for hydroxylation is 2. The fourth-order valence-electron chi connectivity index (χ4n) is 8.04. The molecule has 0 amide bonds. The van der Waals surface area contributed by atoms with Crippen molar-refractivity contribution in [3.05, 3.63) is 117 Å². The lowest BCUT2D eigenvalue weighted by Crippen LogP contribution is -2.21. The third-order valence-electron chi connectivity index (χ3n) is 10.9. The average Bonchev–Trinajstić information content (AvgIpc) is 3.19. The average molecular weight is 813 g/mol. The lowest BCUT2D eigenvalue weighted by molar-refractivity contribution is -0.139. The number of carboxylic acids is 2. The topological polar surface area (TPSA) is 221 Å². The minimum absolute atomic E-state index is 0.0216. The number of carboxylic acid groups (broad SMARTS) is 2. The van der Waals surface area contributed by atoms with Gasteiger partial charge in [-0.1, -0.05) is 100 Å². The minimum Gasteiger partial charge on any atom is -0.507 e. The molecule has 0 saturated heterocycles. The third kappa shape index (κ3) is 7.88. The van der Waals surface area contributed by atoms with Crippen molar-refractivity contribution in [2.45, 2.75) is 78.3 Å². The standard InChI is InChI=1S/C48H48N2O10/c1-23(2)35-29-17-25(5)37(43(53)39(29)31(41(51)45(35)55)21-49-33(47(57)58)19-27-13-9-7-10-14-27)38-26(6)18-30-36(24(3)4)46(56)42(52)32(40(30)44(38)54)22-50-34(48(59)60)20-28-15-11-8-12-16-28/h7-18,21-24,33-34,51-56H,19-20H2,1-6H3,(H,57,58)(H,59,60)/t33-,34-/m0/s1. The zero-order valence-corrected chi connectivity index (χ0v) is 34.1. The van der Waals surface area contributed by atoms with Crippen LogP contribution in [0.3, 0.4) is 0 Å². The number of hydrogen-bond donors (Lipinski definition) is 8. The van der Waals surface area contributed by atoms with Crippen LogP contribution < -0.4 is 0 Å². The smallest absolute Gasteiger partial charge is 0.328 e. The number of phenols is 6. The van der Waals surface area contributed by atoms with E-state index in [1.165, 1.54) is 0 Å². The molecule has 0 unspecified atom stereocenters. The lowest BCUT2D eigenvalue weighted by Gasteiger charge is -2.23. The molecule has 6 aromatic carbocycles. The Hall–Kier alpha value is -7.08. The Kier molecular flexibility index (Phi) is 12.1. The van der Waals surface area contributed by atoms with Crippen LogP contribution in [0.4, 0.5) is 0 Å². The number of carbonyl (C=O) groups is 2. The fraction of sp³-hybridized carbons (Fsp3) is 0.250. The molecule has 6 rings (SSSR count). The Balaban J connectivity index is 1.65. The van der Waals surface area contributed by atoms with Crippen LogP contribution >= 0.6 is 0 Å². The van der Waals surface area contributed by atoms with Crippen LogP contribution in [0.2, 0.25) is 0 Å². The van der Waals surface area contributed by atoms with E-state index < -0.39 is 58.5 Å². The van der Waals surface area contributed by atoms with E-state index in [1.807, 2.05) is 0 Å². The Morgan fingerprint density at radius 1 is 0.533 bits per heavy atom. The van der Waals surface area contributed by atoms with Gasteiger partial charge in [0.05, 0.1) is 0 Å². The van der Waals surface area contributed by atoms with Gasteiger partial charge in [-0.05, 0) is 58.7 Å². The Labute approximate surface area is 346 Å². The molecule has 0 fully saturated rings. The van der Waals surface area contributed by atoms with Crippen molar-refractivity contribution in [2.75, 3.05) is 0 Å². The van der Waals surface area contributed by atoms with E-state index in [2.05, 4.69) is 9.98 Å². The van der Waals surface area contributed by atoms with Crippen LogP contribution in [0, 0.1) is 13.8 Å². The van der Waals surface area contributed by atoms with Crippen LogP contribution in [0.15, 0.2) is 82.8 Å². The molecule has 0 saturated carbocycles. The van der Waals surface area contributed by atoms with E-state index in [0.717, 1.165) is 12.4 Å². The highest BCUT2D eigenvalue weighted by Gasteiger charge is 2.30. The van der Waals surface area contributed by atoms with E-state index in [4.69, 9.17) is 0 Å². The zero-order chi connectivity index (χ0) is 43.7. The summed E-state index contributed by atoms with van der Waals surface area (Å²) in [5.74, 6) is -6.22. The molecule has 0 heterocycles. The highest BCUT2D eigenvalue weighted by molar-refractivity contribution is 6.15. The van der Waals surface area contributed by atoms with Gasteiger partial charge in [-0.15, -0.1) is 0 Å². The molecule has 12 nitrogen and oxygen atoms in total. The Bertz CT molecular complexity index is 2520. The summed E-state index contributed by atoms with van der Waals surface area (Å²) < 4.78 is 0. The summed E-state index contributed by atoms with van der Waals surface area (Å²) in [4.78, 5) is 33.4. The predicted octanol–water partition coefficient (Wildman–Crippen LogP) is 8.99. The minimum atomic E-state index is -1.29. The highest BCUT2D eigenvalue weighted by atomic mass is 16.4. The number of aromatic hydroxyl groups is 6. The van der Waals surface area contributed by atoms with Crippen LogP contribution in [-0.4, -0.2) is 77.3 Å². The second-order valence-electron chi connectivity index (χ2n) is 15.7. The SMILES string of the molecule is Cc1cc2c(C(C)C)c(O)c(O)c(C=N[C@@H](Cc3ccccc3)C(=O)O)c2c(O)c1-c1c(C)cc2c(C(C)C)c(O)c(O)c(C=N[C@@H](Cc3ccccc3)C(=O)O)c2c1O. The van der Waals surface area contributed by atoms with Crippen molar-refractivity contribution in [3.63, 3.8) is 0 Å². The van der Waals surface area contributed by atoms with Gasteiger partial charge in [-0.3, -0.25) is 9.98 Å². The maximum Gasteiger partial charge on any atom is 0.328 e. The number of benzene rings is 6. The number of hydrogen-bond acceptors (Lipinski definition) is 10. The van der Waals surface area contributed by atoms with Crippen molar-refractivity contribution in [2.24, 2.45) is 9.98 Å². The monoisotopic (exact) mass is 812 g/mol. The number of nitrogens with zero attached hydrogens (tertiary/aromatic N) is 2. The van der Waals surface area contributed by atoms with Crippen molar-refractivity contribution < 1.29 is 50.4 Å². The number of rotatable bonds is 13. The highest BCUT2D eigenvalue weighted by Crippen LogP contribution is 2.54. The van der Waals surface area contributed by atoms with E-state index >= 15 is 0 Å². The summed E-state index contributed by atoms with van der Waals surface area (Å²) in [7, 11) is 0. The molecule has 0 aliphatic heterocycles. The van der Waals surface area contributed by atoms with Crippen molar-refractivity contribution >= 4 is 45.9 Å². The van der Waals surface area contributed by atoms with Gasteiger partial charge in [0.1, 0.15) is 11.5 Å². The quantitative estimate of drug-likeness (QED) is 0.0408. The van der Waals surface area contributed by atoms with Gasteiger partial charge in [-0.2, -0.15) is 0 Å². The molecule has 0 spiro atoms. The number of aliphatic carboxylic acids is 2. The van der Waals surface area contributed by atoms with Gasteiger partial charge in [0.15, 0.2) is 35.1 Å². The van der Waals surface area contributed by atoms with Gasteiger partial charge in [-0.25, -0.2) is 9.59 Å². The number of fused-ring (bicyclic) bond motifs is 2. The van der Waals surface area contributed by atoms with Crippen LogP contribution in [0.1, 0.15) is 84.0 Å². The molecule has 0 bridgehead atoms. The summed E-state index contributed by atoms with van der Waals surface area (Å²) in [6, 6.07) is 18.5. The Morgan fingerprint density at radius 3 is 1.17 bits per heavy atom. The maximum atomic E-state index is 12.4. The van der Waals surface area contributed by atoms with E-state index in [9.17, 15) is 50.4 Å². The van der Waals surface area contributed by atoms with E-state index in [1.54, 1.807) is 114 Å². The van der Waals surface area contributed by atoms with Gasteiger partial charge < -0.3 is 40.9 Å². The van der Waals surface area contributed by atoms with Gasteiger partial charge >= 0.3 is 11.9 Å². The lowest BCUT2D eigenvalue weighted by atomic mass is 9.83. The first-order valence-electron chi connectivity index (χ1n) is 19.5. The summed E-state index contributed by atoms with van der Waals surface area (Å²) >= 11 is 0. The second-order valence-corrected chi connectivity index (χ2v) is 15.7. The summed E-state index contributed by atoms with van der Waals surface area (Å²) in [6.07, 6.45) is 2.28. The molecule has 2 atom stereocenters. The van der Waals surface area contributed by atoms with Gasteiger partial charge in [0.25, 0.3) is 0 Å². The first-order valence-corrected chi connectivity index (χ1v) is 19.5.